The van der Waals surface area contributed by atoms with Gasteiger partial charge in [0.1, 0.15) is 0 Å². The van der Waals surface area contributed by atoms with Crippen molar-refractivity contribution in [2.24, 2.45) is 0 Å². The van der Waals surface area contributed by atoms with Gasteiger partial charge in [-0.1, -0.05) is 35.4 Å². The molecular weight excluding hydrogens is 368 g/mol. The normalized spacial score (nSPS) is 10.4. The first-order valence-electron chi connectivity index (χ1n) is 8.97. The summed E-state index contributed by atoms with van der Waals surface area (Å²) in [6.07, 6.45) is 0. The second kappa shape index (κ2) is 9.24. The zero-order chi connectivity index (χ0) is 19.9. The van der Waals surface area contributed by atoms with Gasteiger partial charge in [0.25, 0.3) is 5.91 Å². The van der Waals surface area contributed by atoms with Crippen molar-refractivity contribution in [2.75, 3.05) is 16.4 Å². The molecule has 0 saturated carbocycles. The molecule has 2 amide bonds. The maximum absolute atomic E-state index is 12.3. The predicted molar refractivity (Wildman–Crippen MR) is 116 cm³/mol. The third kappa shape index (κ3) is 5.72. The largest absolute Gasteiger partial charge is 0.325 e. The Balaban J connectivity index is 1.50. The topological polar surface area (TPSA) is 58.2 Å². The van der Waals surface area contributed by atoms with Crippen molar-refractivity contribution in [3.8, 4) is 0 Å². The van der Waals surface area contributed by atoms with Gasteiger partial charge in [-0.15, -0.1) is 11.8 Å². The lowest BCUT2D eigenvalue weighted by atomic mass is 10.1. The predicted octanol–water partition coefficient (Wildman–Crippen LogP) is 5.29. The van der Waals surface area contributed by atoms with Gasteiger partial charge in [-0.25, -0.2) is 0 Å². The van der Waals surface area contributed by atoms with Crippen LogP contribution in [0.4, 0.5) is 11.4 Å². The highest BCUT2D eigenvalue weighted by Crippen LogP contribution is 2.21. The average Bonchev–Trinajstić information content (AvgIpc) is 2.69. The van der Waals surface area contributed by atoms with Crippen molar-refractivity contribution in [1.82, 2.24) is 0 Å². The molecule has 0 unspecified atom stereocenters. The number of thioether (sulfide) groups is 1. The minimum atomic E-state index is -0.137. The molecule has 3 rings (SSSR count). The summed E-state index contributed by atoms with van der Waals surface area (Å²) < 4.78 is 0. The molecule has 0 aliphatic heterocycles. The number of hydrogen-bond acceptors (Lipinski definition) is 3. The molecule has 0 saturated heterocycles. The van der Waals surface area contributed by atoms with E-state index in [-0.39, 0.29) is 11.8 Å². The molecule has 0 aromatic heterocycles. The molecule has 2 N–H and O–H groups in total. The SMILES string of the molecule is Cc1ccc(NC(=O)CSc2ccc(NC(=O)c3cccc(C)c3)cc2)cc1. The van der Waals surface area contributed by atoms with Crippen LogP contribution in [-0.4, -0.2) is 17.6 Å². The first kappa shape index (κ1) is 19.7. The maximum Gasteiger partial charge on any atom is 0.255 e. The van der Waals surface area contributed by atoms with Crippen LogP contribution in [0.3, 0.4) is 0 Å². The van der Waals surface area contributed by atoms with E-state index in [0.717, 1.165) is 27.4 Å². The fourth-order valence-corrected chi connectivity index (χ4v) is 3.31. The van der Waals surface area contributed by atoms with Gasteiger partial charge in [0.05, 0.1) is 5.75 Å². The molecule has 0 fully saturated rings. The molecule has 3 aromatic carbocycles. The Morgan fingerprint density at radius 3 is 2.11 bits per heavy atom. The summed E-state index contributed by atoms with van der Waals surface area (Å²) in [5.41, 5.74) is 4.35. The number of carbonyl (C=O) groups is 2. The van der Waals surface area contributed by atoms with E-state index in [2.05, 4.69) is 10.6 Å². The molecule has 0 bridgehead atoms. The highest BCUT2D eigenvalue weighted by atomic mass is 32.2. The van der Waals surface area contributed by atoms with Gasteiger partial charge in [0, 0.05) is 21.8 Å². The number of anilines is 2. The van der Waals surface area contributed by atoms with E-state index in [1.165, 1.54) is 11.8 Å². The molecule has 0 heterocycles. The van der Waals surface area contributed by atoms with Crippen LogP contribution >= 0.6 is 11.8 Å². The lowest BCUT2D eigenvalue weighted by Gasteiger charge is -2.08. The summed E-state index contributed by atoms with van der Waals surface area (Å²) in [5.74, 6) is 0.135. The minimum Gasteiger partial charge on any atom is -0.325 e. The summed E-state index contributed by atoms with van der Waals surface area (Å²) >= 11 is 1.45. The number of amides is 2. The van der Waals surface area contributed by atoms with Crippen LogP contribution in [0, 0.1) is 13.8 Å². The maximum atomic E-state index is 12.3. The lowest BCUT2D eigenvalue weighted by molar-refractivity contribution is -0.113. The minimum absolute atomic E-state index is 0.0503. The Hall–Kier alpha value is -3.05. The van der Waals surface area contributed by atoms with Crippen LogP contribution in [0.25, 0.3) is 0 Å². The molecule has 0 aliphatic carbocycles. The third-order valence-electron chi connectivity index (χ3n) is 4.10. The molecule has 0 aliphatic rings. The van der Waals surface area contributed by atoms with E-state index in [9.17, 15) is 9.59 Å². The summed E-state index contributed by atoms with van der Waals surface area (Å²) in [4.78, 5) is 25.3. The fraction of sp³-hybridized carbons (Fsp3) is 0.130. The zero-order valence-corrected chi connectivity index (χ0v) is 16.7. The van der Waals surface area contributed by atoms with Gasteiger partial charge in [-0.2, -0.15) is 0 Å². The first-order chi connectivity index (χ1) is 13.5. The molecule has 0 radical (unpaired) electrons. The summed E-state index contributed by atoms with van der Waals surface area (Å²) in [6.45, 7) is 3.96. The van der Waals surface area contributed by atoms with Crippen LogP contribution in [-0.2, 0) is 4.79 Å². The van der Waals surface area contributed by atoms with Gasteiger partial charge in [0.15, 0.2) is 0 Å². The Morgan fingerprint density at radius 1 is 0.786 bits per heavy atom. The highest BCUT2D eigenvalue weighted by Gasteiger charge is 2.07. The standard InChI is InChI=1S/C23H22N2O2S/c1-16-6-8-19(9-7-16)24-22(26)15-28-21-12-10-20(11-13-21)25-23(27)18-5-3-4-17(2)14-18/h3-14H,15H2,1-2H3,(H,24,26)(H,25,27). The van der Waals surface area contributed by atoms with Crippen LogP contribution < -0.4 is 10.6 Å². The van der Waals surface area contributed by atoms with Crippen molar-refractivity contribution in [3.63, 3.8) is 0 Å². The average molecular weight is 391 g/mol. The van der Waals surface area contributed by atoms with Crippen molar-refractivity contribution in [2.45, 2.75) is 18.7 Å². The van der Waals surface area contributed by atoms with Gasteiger partial charge in [0.2, 0.25) is 5.91 Å². The molecule has 0 spiro atoms. The smallest absolute Gasteiger partial charge is 0.255 e. The van der Waals surface area contributed by atoms with Crippen molar-refractivity contribution in [1.29, 1.82) is 0 Å². The van der Waals surface area contributed by atoms with Gasteiger partial charge < -0.3 is 10.6 Å². The third-order valence-corrected chi connectivity index (χ3v) is 5.11. The van der Waals surface area contributed by atoms with E-state index in [1.54, 1.807) is 6.07 Å². The molecular formula is C23H22N2O2S. The zero-order valence-electron chi connectivity index (χ0n) is 15.9. The molecule has 3 aromatic rings. The molecule has 142 valence electrons. The van der Waals surface area contributed by atoms with Crippen LogP contribution in [0.15, 0.2) is 77.7 Å². The molecule has 5 heteroatoms. The number of benzene rings is 3. The second-order valence-electron chi connectivity index (χ2n) is 6.55. The van der Waals surface area contributed by atoms with E-state index in [4.69, 9.17) is 0 Å². The fourth-order valence-electron chi connectivity index (χ4n) is 2.61. The Labute approximate surface area is 169 Å². The number of aryl methyl sites for hydroxylation is 2. The molecule has 0 atom stereocenters. The molecule has 28 heavy (non-hydrogen) atoms. The number of nitrogens with one attached hydrogen (secondary N) is 2. The van der Waals surface area contributed by atoms with Crippen molar-refractivity contribution in [3.05, 3.63) is 89.5 Å². The summed E-state index contributed by atoms with van der Waals surface area (Å²) in [5, 5.41) is 5.77. The van der Waals surface area contributed by atoms with Crippen molar-refractivity contribution < 1.29 is 9.59 Å². The first-order valence-corrected chi connectivity index (χ1v) is 9.95. The second-order valence-corrected chi connectivity index (χ2v) is 7.60. The Morgan fingerprint density at radius 2 is 1.43 bits per heavy atom. The van der Waals surface area contributed by atoms with Gasteiger partial charge in [-0.05, 0) is 62.4 Å². The lowest BCUT2D eigenvalue weighted by Crippen LogP contribution is -2.14. The Kier molecular flexibility index (Phi) is 6.50. The number of rotatable bonds is 6. The molecule has 4 nitrogen and oxygen atoms in total. The van der Waals surface area contributed by atoms with E-state index < -0.39 is 0 Å². The summed E-state index contributed by atoms with van der Waals surface area (Å²) in [6, 6.07) is 22.7. The quantitative estimate of drug-likeness (QED) is 0.563. The summed E-state index contributed by atoms with van der Waals surface area (Å²) in [7, 11) is 0. The Bertz CT molecular complexity index is 967. The van der Waals surface area contributed by atoms with Crippen molar-refractivity contribution >= 4 is 35.0 Å². The highest BCUT2D eigenvalue weighted by molar-refractivity contribution is 8.00. The van der Waals surface area contributed by atoms with Gasteiger partial charge in [-0.3, -0.25) is 9.59 Å². The van der Waals surface area contributed by atoms with E-state index >= 15 is 0 Å². The monoisotopic (exact) mass is 390 g/mol. The van der Waals surface area contributed by atoms with E-state index in [1.807, 2.05) is 80.6 Å². The van der Waals surface area contributed by atoms with Crippen LogP contribution in [0.2, 0.25) is 0 Å². The number of carbonyl (C=O) groups excluding carboxylic acids is 2. The van der Waals surface area contributed by atoms with Crippen LogP contribution in [0.1, 0.15) is 21.5 Å². The van der Waals surface area contributed by atoms with E-state index in [0.29, 0.717) is 11.3 Å². The number of hydrogen-bond donors (Lipinski definition) is 2. The van der Waals surface area contributed by atoms with Crippen LogP contribution in [0.5, 0.6) is 0 Å². The van der Waals surface area contributed by atoms with Gasteiger partial charge >= 0.3 is 0 Å².